The highest BCUT2D eigenvalue weighted by Gasteiger charge is 2.43. The van der Waals surface area contributed by atoms with Crippen LogP contribution < -0.4 is 9.64 Å². The van der Waals surface area contributed by atoms with Gasteiger partial charge >= 0.3 is 0 Å². The molecule has 1 fully saturated rings. The van der Waals surface area contributed by atoms with Gasteiger partial charge in [-0.3, -0.25) is 14.5 Å². The predicted octanol–water partition coefficient (Wildman–Crippen LogP) is 2.62. The van der Waals surface area contributed by atoms with Crippen LogP contribution >= 0.6 is 0 Å². The maximum absolute atomic E-state index is 13.6. The Morgan fingerprint density at radius 1 is 0.909 bits per heavy atom. The van der Waals surface area contributed by atoms with E-state index in [0.717, 1.165) is 18.8 Å². The van der Waals surface area contributed by atoms with Gasteiger partial charge in [-0.1, -0.05) is 44.2 Å². The van der Waals surface area contributed by atoms with Crippen molar-refractivity contribution in [1.82, 2.24) is 9.80 Å². The molecule has 2 aromatic carbocycles. The van der Waals surface area contributed by atoms with Crippen LogP contribution in [0.4, 0.5) is 5.69 Å². The Morgan fingerprint density at radius 2 is 1.58 bits per heavy atom. The van der Waals surface area contributed by atoms with E-state index in [1.54, 1.807) is 12.1 Å². The minimum absolute atomic E-state index is 0.110. The van der Waals surface area contributed by atoms with Gasteiger partial charge in [0.15, 0.2) is 0 Å². The summed E-state index contributed by atoms with van der Waals surface area (Å²) in [5, 5.41) is 9.23. The maximum Gasteiger partial charge on any atom is 0.282 e. The number of piperazine rings is 1. The van der Waals surface area contributed by atoms with E-state index in [2.05, 4.69) is 18.7 Å². The monoisotopic (exact) mass is 449 g/mol. The summed E-state index contributed by atoms with van der Waals surface area (Å²) in [6, 6.07) is 16.5. The second-order valence-corrected chi connectivity index (χ2v) is 8.79. The Bertz CT molecular complexity index is 1010. The molecule has 0 aromatic heterocycles. The van der Waals surface area contributed by atoms with Gasteiger partial charge in [0.25, 0.3) is 11.8 Å². The third-order valence-electron chi connectivity index (χ3n) is 5.90. The number of aliphatic hydroxyl groups excluding tert-OH is 1. The zero-order chi connectivity index (χ0) is 23.4. The second kappa shape index (κ2) is 10.2. The third-order valence-corrected chi connectivity index (χ3v) is 5.90. The van der Waals surface area contributed by atoms with Gasteiger partial charge < -0.3 is 14.7 Å². The molecule has 2 aliphatic rings. The van der Waals surface area contributed by atoms with E-state index in [0.29, 0.717) is 54.7 Å². The Kier molecular flexibility index (Phi) is 7.11. The van der Waals surface area contributed by atoms with Gasteiger partial charge in [-0.05, 0) is 35.7 Å². The summed E-state index contributed by atoms with van der Waals surface area (Å²) in [4.78, 5) is 32.6. The van der Waals surface area contributed by atoms with Gasteiger partial charge in [0.1, 0.15) is 11.4 Å². The van der Waals surface area contributed by atoms with Crippen LogP contribution in [-0.4, -0.2) is 72.7 Å². The number of β-amino-alcohol motifs (C(OH)–C–C–N with tert-alkyl or cyclic N) is 1. The molecule has 0 radical (unpaired) electrons. The van der Waals surface area contributed by atoms with Crippen molar-refractivity contribution in [3.8, 4) is 5.75 Å². The molecule has 0 spiro atoms. The van der Waals surface area contributed by atoms with Crippen molar-refractivity contribution in [1.29, 1.82) is 0 Å². The van der Waals surface area contributed by atoms with E-state index in [1.807, 2.05) is 47.4 Å². The number of anilines is 1. The number of nitrogens with zero attached hydrogens (tertiary/aromatic N) is 3. The molecule has 2 heterocycles. The van der Waals surface area contributed by atoms with E-state index in [1.165, 1.54) is 4.90 Å². The molecule has 2 aromatic rings. The smallest absolute Gasteiger partial charge is 0.282 e. The highest BCUT2D eigenvalue weighted by atomic mass is 16.5. The molecule has 174 valence electrons. The van der Waals surface area contributed by atoms with Crippen molar-refractivity contribution in [3.63, 3.8) is 0 Å². The van der Waals surface area contributed by atoms with Crippen LogP contribution in [0.15, 0.2) is 60.3 Å². The van der Waals surface area contributed by atoms with Crippen LogP contribution in [-0.2, 0) is 9.59 Å². The fourth-order valence-electron chi connectivity index (χ4n) is 4.20. The predicted molar refractivity (Wildman–Crippen MR) is 128 cm³/mol. The number of ether oxygens (including phenoxy) is 1. The van der Waals surface area contributed by atoms with Gasteiger partial charge in [-0.25, -0.2) is 4.90 Å². The average molecular weight is 450 g/mol. The number of rotatable bonds is 8. The summed E-state index contributed by atoms with van der Waals surface area (Å²) >= 11 is 0. The lowest BCUT2D eigenvalue weighted by molar-refractivity contribution is -0.120. The lowest BCUT2D eigenvalue weighted by Gasteiger charge is -2.36. The number of imide groups is 1. The molecule has 4 rings (SSSR count). The number of benzene rings is 2. The Balaban J connectivity index is 1.67. The first-order valence-corrected chi connectivity index (χ1v) is 11.5. The van der Waals surface area contributed by atoms with Gasteiger partial charge in [0, 0.05) is 32.7 Å². The van der Waals surface area contributed by atoms with Crippen LogP contribution in [0.5, 0.6) is 5.75 Å². The zero-order valence-corrected chi connectivity index (χ0v) is 19.2. The fourth-order valence-corrected chi connectivity index (χ4v) is 4.20. The third kappa shape index (κ3) is 4.94. The van der Waals surface area contributed by atoms with Crippen LogP contribution in [0.25, 0.3) is 5.57 Å². The standard InChI is InChI=1S/C26H31N3O4/c1-19(2)18-33-22-10-8-20(9-11-22)23-24(28-14-12-27(13-15-28)16-17-30)26(32)29(25(23)31)21-6-4-3-5-7-21/h3-11,19,30H,12-18H2,1-2H3. The van der Waals surface area contributed by atoms with E-state index in [4.69, 9.17) is 4.74 Å². The molecule has 0 bridgehead atoms. The highest BCUT2D eigenvalue weighted by Crippen LogP contribution is 2.35. The Morgan fingerprint density at radius 3 is 2.18 bits per heavy atom. The van der Waals surface area contributed by atoms with Crippen molar-refractivity contribution in [2.24, 2.45) is 5.92 Å². The largest absolute Gasteiger partial charge is 0.493 e. The second-order valence-electron chi connectivity index (χ2n) is 8.79. The maximum atomic E-state index is 13.6. The van der Waals surface area contributed by atoms with Crippen molar-refractivity contribution in [3.05, 3.63) is 65.9 Å². The van der Waals surface area contributed by atoms with E-state index in [-0.39, 0.29) is 18.4 Å². The van der Waals surface area contributed by atoms with Crippen molar-refractivity contribution in [2.45, 2.75) is 13.8 Å². The highest BCUT2D eigenvalue weighted by molar-refractivity contribution is 6.45. The molecule has 0 unspecified atom stereocenters. The number of aliphatic hydroxyl groups is 1. The van der Waals surface area contributed by atoms with E-state index in [9.17, 15) is 14.7 Å². The van der Waals surface area contributed by atoms with Crippen LogP contribution in [0.1, 0.15) is 19.4 Å². The van der Waals surface area contributed by atoms with Crippen molar-refractivity contribution in [2.75, 3.05) is 50.8 Å². The molecule has 7 heteroatoms. The van der Waals surface area contributed by atoms with Crippen LogP contribution in [0, 0.1) is 5.92 Å². The summed E-state index contributed by atoms with van der Waals surface area (Å²) in [6.07, 6.45) is 0. The molecule has 7 nitrogen and oxygen atoms in total. The molecule has 1 saturated heterocycles. The molecular weight excluding hydrogens is 418 g/mol. The van der Waals surface area contributed by atoms with Crippen molar-refractivity contribution < 1.29 is 19.4 Å². The van der Waals surface area contributed by atoms with Crippen LogP contribution in [0.3, 0.4) is 0 Å². The number of carbonyl (C=O) groups is 2. The van der Waals surface area contributed by atoms with Gasteiger partial charge in [-0.2, -0.15) is 0 Å². The molecule has 33 heavy (non-hydrogen) atoms. The number of para-hydroxylation sites is 1. The Hall–Kier alpha value is -3.16. The summed E-state index contributed by atoms with van der Waals surface area (Å²) in [5.41, 5.74) is 2.14. The number of hydrogen-bond donors (Lipinski definition) is 1. The Labute approximate surface area is 194 Å². The average Bonchev–Trinajstić information content (AvgIpc) is 3.09. The molecule has 2 amide bonds. The number of carbonyl (C=O) groups excluding carboxylic acids is 2. The van der Waals surface area contributed by atoms with Gasteiger partial charge in [0.2, 0.25) is 0 Å². The molecular formula is C26H31N3O4. The van der Waals surface area contributed by atoms with E-state index >= 15 is 0 Å². The SMILES string of the molecule is CC(C)COc1ccc(C2=C(N3CCN(CCO)CC3)C(=O)N(c3ccccc3)C2=O)cc1. The quantitative estimate of drug-likeness (QED) is 0.625. The van der Waals surface area contributed by atoms with E-state index < -0.39 is 0 Å². The van der Waals surface area contributed by atoms with Gasteiger partial charge in [-0.15, -0.1) is 0 Å². The minimum atomic E-state index is -0.310. The molecule has 1 N–H and O–H groups in total. The van der Waals surface area contributed by atoms with Gasteiger partial charge in [0.05, 0.1) is 24.5 Å². The zero-order valence-electron chi connectivity index (χ0n) is 19.2. The first kappa shape index (κ1) is 23.0. The fraction of sp³-hybridized carbons (Fsp3) is 0.385. The molecule has 0 aliphatic carbocycles. The first-order chi connectivity index (χ1) is 16.0. The number of hydrogen-bond acceptors (Lipinski definition) is 6. The summed E-state index contributed by atoms with van der Waals surface area (Å²) < 4.78 is 5.79. The summed E-state index contributed by atoms with van der Waals surface area (Å²) in [7, 11) is 0. The summed E-state index contributed by atoms with van der Waals surface area (Å²) in [5.74, 6) is 0.549. The molecule has 0 saturated carbocycles. The first-order valence-electron chi connectivity index (χ1n) is 11.5. The van der Waals surface area contributed by atoms with Crippen LogP contribution in [0.2, 0.25) is 0 Å². The van der Waals surface area contributed by atoms with Crippen molar-refractivity contribution >= 4 is 23.1 Å². The minimum Gasteiger partial charge on any atom is -0.493 e. The lowest BCUT2D eigenvalue weighted by Crippen LogP contribution is -2.48. The summed E-state index contributed by atoms with van der Waals surface area (Å²) in [6.45, 7) is 8.22. The molecule has 2 aliphatic heterocycles. The lowest BCUT2D eigenvalue weighted by atomic mass is 10.0. The number of amides is 2. The topological polar surface area (TPSA) is 73.3 Å². The molecule has 0 atom stereocenters. The normalized spacial score (nSPS) is 17.5.